The fourth-order valence-corrected chi connectivity index (χ4v) is 7.19. The van der Waals surface area contributed by atoms with Gasteiger partial charge in [0.05, 0.1) is 12.0 Å². The molecule has 0 spiro atoms. The van der Waals surface area contributed by atoms with Crippen LogP contribution in [0.4, 0.5) is 0 Å². The van der Waals surface area contributed by atoms with Crippen LogP contribution >= 0.6 is 0 Å². The van der Waals surface area contributed by atoms with Crippen LogP contribution in [0.15, 0.2) is 41.3 Å². The number of ether oxygens (including phenoxy) is 1. The van der Waals surface area contributed by atoms with Crippen molar-refractivity contribution in [1.29, 1.82) is 0 Å². The largest absolute Gasteiger partial charge is 0.466 e. The molecule has 3 atom stereocenters. The number of aryl methyl sites for hydroxylation is 1. The molecule has 0 aromatic heterocycles. The second-order valence-corrected chi connectivity index (χ2v) is 17.6. The third-order valence-electron chi connectivity index (χ3n) is 7.45. The van der Waals surface area contributed by atoms with Crippen molar-refractivity contribution in [3.8, 4) is 0 Å². The molecule has 0 amide bonds. The molecule has 0 N–H and O–H groups in total. The number of carbonyl (C=O) groups is 1. The summed E-state index contributed by atoms with van der Waals surface area (Å²) in [5.41, 5.74) is 1.02. The van der Waals surface area contributed by atoms with Gasteiger partial charge >= 0.3 is 5.97 Å². The Hall–Kier alpha value is -1.48. The lowest BCUT2D eigenvalue weighted by atomic mass is 9.86. The molecule has 1 aromatic rings. The van der Waals surface area contributed by atoms with Crippen molar-refractivity contribution >= 4 is 24.3 Å². The molecule has 2 rings (SSSR count). The first kappa shape index (κ1) is 28.8. The Labute approximate surface area is 207 Å². The smallest absolute Gasteiger partial charge is 0.330 e. The van der Waals surface area contributed by atoms with E-state index in [4.69, 9.17) is 9.16 Å². The summed E-state index contributed by atoms with van der Waals surface area (Å²) < 4.78 is 40.7. The second kappa shape index (κ2) is 11.5. The highest BCUT2D eigenvalue weighted by atomic mass is 32.2. The van der Waals surface area contributed by atoms with Crippen molar-refractivity contribution in [1.82, 2.24) is 4.31 Å². The number of esters is 1. The van der Waals surface area contributed by atoms with E-state index < -0.39 is 24.3 Å². The number of hydrogen-bond donors (Lipinski definition) is 0. The molecule has 1 aromatic carbocycles. The Morgan fingerprint density at radius 2 is 1.79 bits per heavy atom. The van der Waals surface area contributed by atoms with Crippen molar-refractivity contribution in [2.45, 2.75) is 95.4 Å². The fraction of sp³-hybridized carbons (Fsp3) is 0.654. The number of nitrogens with zero attached hydrogens (tertiary/aromatic N) is 1. The first-order valence-electron chi connectivity index (χ1n) is 12.2. The van der Waals surface area contributed by atoms with Crippen LogP contribution in [-0.4, -0.2) is 52.8 Å². The van der Waals surface area contributed by atoms with Gasteiger partial charge in [0, 0.05) is 24.8 Å². The monoisotopic (exact) mass is 509 g/mol. The zero-order chi connectivity index (χ0) is 25.7. The predicted molar refractivity (Wildman–Crippen MR) is 140 cm³/mol. The van der Waals surface area contributed by atoms with E-state index in [1.807, 2.05) is 19.1 Å². The van der Waals surface area contributed by atoms with E-state index in [-0.39, 0.29) is 23.0 Å². The van der Waals surface area contributed by atoms with Crippen LogP contribution < -0.4 is 0 Å². The highest BCUT2D eigenvalue weighted by molar-refractivity contribution is 7.89. The molecular weight excluding hydrogens is 466 g/mol. The molecule has 1 saturated heterocycles. The highest BCUT2D eigenvalue weighted by Crippen LogP contribution is 2.39. The first-order chi connectivity index (χ1) is 15.7. The SMILES string of the molecule is COC(=O)/C=C\C[C@H]1[C@H](C)CC[C@@H](CCO[Si](C)(C)C(C)(C)C)N1S(=O)(=O)c1ccc(C)cc1. The number of methoxy groups -OCH3 is 1. The van der Waals surface area contributed by atoms with Crippen LogP contribution in [-0.2, 0) is 24.0 Å². The molecule has 192 valence electrons. The predicted octanol–water partition coefficient (Wildman–Crippen LogP) is 5.68. The van der Waals surface area contributed by atoms with E-state index in [9.17, 15) is 13.2 Å². The van der Waals surface area contributed by atoms with Crippen molar-refractivity contribution in [3.63, 3.8) is 0 Å². The summed E-state index contributed by atoms with van der Waals surface area (Å²) in [5, 5.41) is 0.100. The van der Waals surface area contributed by atoms with Gasteiger partial charge in [-0.05, 0) is 68.8 Å². The third kappa shape index (κ3) is 7.03. The standard InChI is InChI=1S/C26H43NO5SSi/c1-20-12-16-23(17-13-20)33(29,30)27-22(18-19-32-34(7,8)26(3,4)5)15-14-21(2)24(27)10-9-11-25(28)31-6/h9,11-13,16-17,21-22,24H,10,14-15,18-19H2,1-8H3/b11-9-/t21-,22+,24+/m1/s1. The number of piperidine rings is 1. The van der Waals surface area contributed by atoms with Gasteiger partial charge in [-0.3, -0.25) is 0 Å². The minimum absolute atomic E-state index is 0.100. The van der Waals surface area contributed by atoms with Crippen molar-refractivity contribution in [3.05, 3.63) is 42.0 Å². The number of hydrogen-bond acceptors (Lipinski definition) is 5. The molecule has 0 radical (unpaired) electrons. The maximum atomic E-state index is 13.9. The maximum Gasteiger partial charge on any atom is 0.330 e. The number of benzene rings is 1. The molecule has 0 aliphatic carbocycles. The molecule has 1 fully saturated rings. The normalized spacial score (nSPS) is 22.8. The van der Waals surface area contributed by atoms with Crippen molar-refractivity contribution in [2.75, 3.05) is 13.7 Å². The Bertz CT molecular complexity index is 950. The molecule has 6 nitrogen and oxygen atoms in total. The van der Waals surface area contributed by atoms with Gasteiger partial charge < -0.3 is 9.16 Å². The Balaban J connectivity index is 2.36. The highest BCUT2D eigenvalue weighted by Gasteiger charge is 2.43. The van der Waals surface area contributed by atoms with Gasteiger partial charge in [-0.25, -0.2) is 13.2 Å². The minimum Gasteiger partial charge on any atom is -0.466 e. The molecule has 1 aliphatic heterocycles. The quantitative estimate of drug-likeness (QED) is 0.243. The summed E-state index contributed by atoms with van der Waals surface area (Å²) in [4.78, 5) is 11.9. The zero-order valence-electron chi connectivity index (χ0n) is 22.1. The molecular formula is C26H43NO5SSi. The molecule has 0 saturated carbocycles. The number of sulfonamides is 1. The van der Waals surface area contributed by atoms with Crippen molar-refractivity contribution in [2.24, 2.45) is 5.92 Å². The van der Waals surface area contributed by atoms with Crippen LogP contribution in [0.3, 0.4) is 0 Å². The van der Waals surface area contributed by atoms with Crippen LogP contribution in [0.1, 0.15) is 58.9 Å². The van der Waals surface area contributed by atoms with E-state index in [0.29, 0.717) is 24.3 Å². The van der Waals surface area contributed by atoms with Crippen LogP contribution in [0, 0.1) is 12.8 Å². The van der Waals surface area contributed by atoms with Gasteiger partial charge in [-0.15, -0.1) is 0 Å². The molecule has 8 heteroatoms. The number of carbonyl (C=O) groups excluding carboxylic acids is 1. The van der Waals surface area contributed by atoms with Gasteiger partial charge in [-0.2, -0.15) is 4.31 Å². The van der Waals surface area contributed by atoms with E-state index in [2.05, 4.69) is 40.8 Å². The first-order valence-corrected chi connectivity index (χ1v) is 16.5. The third-order valence-corrected chi connectivity index (χ3v) is 14.0. The molecule has 34 heavy (non-hydrogen) atoms. The van der Waals surface area contributed by atoms with Gasteiger partial charge in [0.1, 0.15) is 0 Å². The lowest BCUT2D eigenvalue weighted by molar-refractivity contribution is -0.134. The van der Waals surface area contributed by atoms with E-state index in [1.165, 1.54) is 13.2 Å². The van der Waals surface area contributed by atoms with Crippen LogP contribution in [0.5, 0.6) is 0 Å². The topological polar surface area (TPSA) is 72.9 Å². The molecule has 1 aliphatic rings. The van der Waals surface area contributed by atoms with E-state index >= 15 is 0 Å². The second-order valence-electron chi connectivity index (χ2n) is 11.0. The van der Waals surface area contributed by atoms with E-state index in [0.717, 1.165) is 18.4 Å². The maximum absolute atomic E-state index is 13.9. The summed E-state index contributed by atoms with van der Waals surface area (Å²) >= 11 is 0. The van der Waals surface area contributed by atoms with E-state index in [1.54, 1.807) is 22.5 Å². The Morgan fingerprint density at radius 3 is 2.35 bits per heavy atom. The molecule has 1 heterocycles. The summed E-state index contributed by atoms with van der Waals surface area (Å²) in [6.07, 6.45) is 5.96. The zero-order valence-corrected chi connectivity index (χ0v) is 23.9. The Morgan fingerprint density at radius 1 is 1.18 bits per heavy atom. The average molecular weight is 510 g/mol. The van der Waals surface area contributed by atoms with Gasteiger partial charge in [0.15, 0.2) is 8.32 Å². The summed E-state index contributed by atoms with van der Waals surface area (Å²) in [5.74, 6) is -0.268. The van der Waals surface area contributed by atoms with Gasteiger partial charge in [-0.1, -0.05) is 51.5 Å². The lowest BCUT2D eigenvalue weighted by Crippen LogP contribution is -2.53. The van der Waals surface area contributed by atoms with Gasteiger partial charge in [0.2, 0.25) is 10.0 Å². The minimum atomic E-state index is -3.72. The van der Waals surface area contributed by atoms with Gasteiger partial charge in [0.25, 0.3) is 0 Å². The Kier molecular flexibility index (Phi) is 9.73. The average Bonchev–Trinajstić information content (AvgIpc) is 2.74. The summed E-state index contributed by atoms with van der Waals surface area (Å²) in [6.45, 7) is 15.6. The van der Waals surface area contributed by atoms with Crippen LogP contribution in [0.25, 0.3) is 0 Å². The van der Waals surface area contributed by atoms with Crippen LogP contribution in [0.2, 0.25) is 18.1 Å². The molecule has 0 unspecified atom stereocenters. The molecule has 0 bridgehead atoms. The summed E-state index contributed by atoms with van der Waals surface area (Å²) in [6, 6.07) is 6.66. The summed E-state index contributed by atoms with van der Waals surface area (Å²) in [7, 11) is -4.31. The van der Waals surface area contributed by atoms with Crippen molar-refractivity contribution < 1.29 is 22.4 Å². The lowest BCUT2D eigenvalue weighted by Gasteiger charge is -2.45. The fourth-order valence-electron chi connectivity index (χ4n) is 4.15. The number of rotatable bonds is 9.